The molecule has 0 spiro atoms. The molecule has 0 aliphatic carbocycles. The number of halogens is 3. The molecule has 2 rings (SSSR count). The van der Waals surface area contributed by atoms with E-state index in [9.17, 15) is 18.0 Å². The number of nitrogens with zero attached hydrogens (tertiary/aromatic N) is 1. The topological polar surface area (TPSA) is 40.5 Å². The maximum Gasteiger partial charge on any atom is 0.416 e. The molecule has 1 aliphatic rings. The minimum Gasteiger partial charge on any atom is -0.478 e. The minimum atomic E-state index is -4.40. The van der Waals surface area contributed by atoms with E-state index in [4.69, 9.17) is 5.11 Å². The zero-order valence-corrected chi connectivity index (χ0v) is 11.4. The third-order valence-corrected chi connectivity index (χ3v) is 3.46. The van der Waals surface area contributed by atoms with Crippen LogP contribution in [0.2, 0.25) is 0 Å². The summed E-state index contributed by atoms with van der Waals surface area (Å²) in [5, 5.41) is 8.68. The van der Waals surface area contributed by atoms with E-state index in [2.05, 4.69) is 0 Å². The van der Waals surface area contributed by atoms with Crippen molar-refractivity contribution in [3.63, 3.8) is 0 Å². The van der Waals surface area contributed by atoms with E-state index in [0.29, 0.717) is 24.3 Å². The molecule has 1 aromatic carbocycles. The molecule has 0 atom stereocenters. The van der Waals surface area contributed by atoms with Crippen LogP contribution in [0.25, 0.3) is 6.08 Å². The molecule has 1 aromatic rings. The Kier molecular flexibility index (Phi) is 4.55. The molecule has 1 heterocycles. The Morgan fingerprint density at radius 3 is 2.43 bits per heavy atom. The zero-order valence-electron chi connectivity index (χ0n) is 11.4. The summed E-state index contributed by atoms with van der Waals surface area (Å²) < 4.78 is 38.6. The number of aliphatic carboxylic acids is 1. The fraction of sp³-hybridized carbons (Fsp3) is 0.400. The van der Waals surface area contributed by atoms with Gasteiger partial charge in [-0.1, -0.05) is 6.07 Å². The lowest BCUT2D eigenvalue weighted by Crippen LogP contribution is -2.30. The van der Waals surface area contributed by atoms with E-state index in [1.807, 2.05) is 4.90 Å². The molecule has 0 unspecified atom stereocenters. The van der Waals surface area contributed by atoms with Crippen LogP contribution in [0.4, 0.5) is 18.9 Å². The van der Waals surface area contributed by atoms with E-state index in [-0.39, 0.29) is 0 Å². The van der Waals surface area contributed by atoms with E-state index < -0.39 is 17.7 Å². The SMILES string of the molecule is O=C(O)C=Cc1ccc(C(F)(F)F)cc1N1CCCCC1. The molecule has 0 radical (unpaired) electrons. The van der Waals surface area contributed by atoms with Gasteiger partial charge in [-0.05, 0) is 43.0 Å². The number of rotatable bonds is 3. The van der Waals surface area contributed by atoms with Gasteiger partial charge in [-0.3, -0.25) is 0 Å². The molecule has 1 saturated heterocycles. The fourth-order valence-corrected chi connectivity index (χ4v) is 2.43. The maximum atomic E-state index is 12.9. The second kappa shape index (κ2) is 6.20. The molecule has 1 N–H and O–H groups in total. The molecule has 0 aromatic heterocycles. The molecular formula is C15H16F3NO2. The van der Waals surface area contributed by atoms with Gasteiger partial charge in [-0.2, -0.15) is 13.2 Å². The number of alkyl halides is 3. The lowest BCUT2D eigenvalue weighted by atomic mass is 10.0. The first kappa shape index (κ1) is 15.4. The lowest BCUT2D eigenvalue weighted by molar-refractivity contribution is -0.137. The Labute approximate surface area is 120 Å². The fourth-order valence-electron chi connectivity index (χ4n) is 2.43. The molecule has 1 fully saturated rings. The number of piperidine rings is 1. The van der Waals surface area contributed by atoms with Crippen LogP contribution in [0.1, 0.15) is 30.4 Å². The van der Waals surface area contributed by atoms with Crippen LogP contribution in [0.15, 0.2) is 24.3 Å². The smallest absolute Gasteiger partial charge is 0.416 e. The molecule has 0 saturated carbocycles. The van der Waals surface area contributed by atoms with E-state index in [0.717, 1.165) is 37.5 Å². The van der Waals surface area contributed by atoms with Crippen molar-refractivity contribution in [2.75, 3.05) is 18.0 Å². The highest BCUT2D eigenvalue weighted by Crippen LogP contribution is 2.34. The average molecular weight is 299 g/mol. The van der Waals surface area contributed by atoms with Crippen molar-refractivity contribution >= 4 is 17.7 Å². The first-order valence-electron chi connectivity index (χ1n) is 6.75. The van der Waals surface area contributed by atoms with Gasteiger partial charge >= 0.3 is 12.1 Å². The molecular weight excluding hydrogens is 283 g/mol. The Morgan fingerprint density at radius 2 is 1.86 bits per heavy atom. The van der Waals surface area contributed by atoms with Crippen LogP contribution in [-0.4, -0.2) is 24.2 Å². The first-order chi connectivity index (χ1) is 9.88. The summed E-state index contributed by atoms with van der Waals surface area (Å²) in [7, 11) is 0. The second-order valence-corrected chi connectivity index (χ2v) is 4.99. The molecule has 0 bridgehead atoms. The van der Waals surface area contributed by atoms with Crippen molar-refractivity contribution < 1.29 is 23.1 Å². The van der Waals surface area contributed by atoms with Crippen LogP contribution in [-0.2, 0) is 11.0 Å². The summed E-state index contributed by atoms with van der Waals surface area (Å²) >= 11 is 0. The Bertz CT molecular complexity index is 546. The molecule has 0 amide bonds. The number of carboxylic acid groups (broad SMARTS) is 1. The summed E-state index contributed by atoms with van der Waals surface area (Å²) in [5.41, 5.74) is 0.227. The summed E-state index contributed by atoms with van der Waals surface area (Å²) in [6.07, 6.45) is 0.800. The number of anilines is 1. The van der Waals surface area contributed by atoms with Crippen molar-refractivity contribution in [1.29, 1.82) is 0 Å². The van der Waals surface area contributed by atoms with Crippen molar-refractivity contribution in [3.8, 4) is 0 Å². The first-order valence-corrected chi connectivity index (χ1v) is 6.75. The largest absolute Gasteiger partial charge is 0.478 e. The van der Waals surface area contributed by atoms with Gasteiger partial charge in [-0.15, -0.1) is 0 Å². The normalized spacial score (nSPS) is 16.4. The second-order valence-electron chi connectivity index (χ2n) is 4.99. The van der Waals surface area contributed by atoms with Crippen molar-refractivity contribution in [1.82, 2.24) is 0 Å². The Balaban J connectivity index is 2.41. The Hall–Kier alpha value is -1.98. The monoisotopic (exact) mass is 299 g/mol. The van der Waals surface area contributed by atoms with Crippen LogP contribution in [0.3, 0.4) is 0 Å². The van der Waals surface area contributed by atoms with Crippen molar-refractivity contribution in [2.45, 2.75) is 25.4 Å². The van der Waals surface area contributed by atoms with Crippen molar-refractivity contribution in [2.24, 2.45) is 0 Å². The third kappa shape index (κ3) is 4.00. The van der Waals surface area contributed by atoms with E-state index in [1.54, 1.807) is 0 Å². The minimum absolute atomic E-state index is 0.446. The highest BCUT2D eigenvalue weighted by Gasteiger charge is 2.31. The predicted octanol–water partition coefficient (Wildman–Crippen LogP) is 3.79. The van der Waals surface area contributed by atoms with Gasteiger partial charge in [0.15, 0.2) is 0 Å². The van der Waals surface area contributed by atoms with Crippen molar-refractivity contribution in [3.05, 3.63) is 35.4 Å². The number of carbonyl (C=O) groups is 1. The van der Waals surface area contributed by atoms with Crippen LogP contribution >= 0.6 is 0 Å². The van der Waals surface area contributed by atoms with Crippen LogP contribution < -0.4 is 4.90 Å². The molecule has 21 heavy (non-hydrogen) atoms. The summed E-state index contributed by atoms with van der Waals surface area (Å²) in [6, 6.07) is 3.41. The van der Waals surface area contributed by atoms with Gasteiger partial charge < -0.3 is 10.0 Å². The zero-order chi connectivity index (χ0) is 15.5. The summed E-state index contributed by atoms with van der Waals surface area (Å²) in [4.78, 5) is 12.5. The van der Waals surface area contributed by atoms with E-state index >= 15 is 0 Å². The van der Waals surface area contributed by atoms with E-state index in [1.165, 1.54) is 12.1 Å². The number of carboxylic acids is 1. The highest BCUT2D eigenvalue weighted by molar-refractivity contribution is 5.87. The third-order valence-electron chi connectivity index (χ3n) is 3.46. The summed E-state index contributed by atoms with van der Waals surface area (Å²) in [6.45, 7) is 1.38. The van der Waals surface area contributed by atoms with Gasteiger partial charge in [0, 0.05) is 24.9 Å². The quantitative estimate of drug-likeness (QED) is 0.863. The highest BCUT2D eigenvalue weighted by atomic mass is 19.4. The van der Waals surface area contributed by atoms with Gasteiger partial charge in [0.1, 0.15) is 0 Å². The standard InChI is InChI=1S/C15H16F3NO2/c16-15(17,18)12-6-4-11(5-7-14(20)21)13(10-12)19-8-2-1-3-9-19/h4-7,10H,1-3,8-9H2,(H,20,21). The molecule has 114 valence electrons. The lowest BCUT2D eigenvalue weighted by Gasteiger charge is -2.30. The molecule has 1 aliphatic heterocycles. The number of benzene rings is 1. The molecule has 3 nitrogen and oxygen atoms in total. The Morgan fingerprint density at radius 1 is 1.19 bits per heavy atom. The van der Waals surface area contributed by atoms with Gasteiger partial charge in [0.05, 0.1) is 5.56 Å². The van der Waals surface area contributed by atoms with Crippen LogP contribution in [0, 0.1) is 0 Å². The summed E-state index contributed by atoms with van der Waals surface area (Å²) in [5.74, 6) is -1.13. The van der Waals surface area contributed by atoms with Crippen LogP contribution in [0.5, 0.6) is 0 Å². The average Bonchev–Trinajstić information content (AvgIpc) is 2.45. The van der Waals surface area contributed by atoms with Gasteiger partial charge in [0.25, 0.3) is 0 Å². The maximum absolute atomic E-state index is 12.9. The molecule has 6 heteroatoms. The predicted molar refractivity (Wildman–Crippen MR) is 74.2 cm³/mol. The van der Waals surface area contributed by atoms with Gasteiger partial charge in [0.2, 0.25) is 0 Å². The number of hydrogen-bond donors (Lipinski definition) is 1. The van der Waals surface area contributed by atoms with Gasteiger partial charge in [-0.25, -0.2) is 4.79 Å². The number of hydrogen-bond acceptors (Lipinski definition) is 2.